The Balaban J connectivity index is 0.000000337. The van der Waals surface area contributed by atoms with E-state index in [-0.39, 0.29) is 5.78 Å². The van der Waals surface area contributed by atoms with E-state index in [1.54, 1.807) is 13.2 Å². The first-order chi connectivity index (χ1) is 13.0. The fourth-order valence-corrected chi connectivity index (χ4v) is 3.06. The number of allylic oxidation sites excluding steroid dienone is 2. The minimum Gasteiger partial charge on any atom is -0.496 e. The fourth-order valence-electron chi connectivity index (χ4n) is 2.71. The van der Waals surface area contributed by atoms with Gasteiger partial charge in [-0.25, -0.2) is 0 Å². The highest BCUT2D eigenvalue weighted by molar-refractivity contribution is 7.27. The maximum Gasteiger partial charge on any atom is 0.190 e. The molecule has 1 aliphatic rings. The molecule has 1 N–H and O–H groups in total. The Morgan fingerprint density at radius 1 is 1.37 bits per heavy atom. The van der Waals surface area contributed by atoms with E-state index in [4.69, 9.17) is 14.9 Å². The largest absolute Gasteiger partial charge is 0.496 e. The predicted octanol–water partition coefficient (Wildman–Crippen LogP) is 3.56. The zero-order valence-corrected chi connectivity index (χ0v) is 17.6. The molecule has 0 atom stereocenters. The number of methoxy groups -OCH3 is 1. The first kappa shape index (κ1) is 23.2. The number of rotatable bonds is 8. The van der Waals surface area contributed by atoms with Gasteiger partial charge in [-0.3, -0.25) is 9.69 Å². The van der Waals surface area contributed by atoms with Gasteiger partial charge in [0.15, 0.2) is 5.78 Å². The molecule has 1 aliphatic heterocycles. The van der Waals surface area contributed by atoms with Gasteiger partial charge in [0.1, 0.15) is 5.75 Å². The van der Waals surface area contributed by atoms with E-state index in [9.17, 15) is 4.79 Å². The lowest BCUT2D eigenvalue weighted by Crippen LogP contribution is -2.36. The second kappa shape index (κ2) is 13.4. The van der Waals surface area contributed by atoms with E-state index in [0.29, 0.717) is 11.7 Å². The van der Waals surface area contributed by atoms with Crippen molar-refractivity contribution in [2.24, 2.45) is 0 Å². The van der Waals surface area contributed by atoms with E-state index in [0.717, 1.165) is 43.2 Å². The van der Waals surface area contributed by atoms with Crippen LogP contribution in [0, 0.1) is 12.3 Å². The van der Waals surface area contributed by atoms with Gasteiger partial charge in [-0.2, -0.15) is 0 Å². The highest BCUT2D eigenvalue weighted by Crippen LogP contribution is 2.22. The lowest BCUT2D eigenvalue weighted by atomic mass is 10.0. The molecule has 148 valence electrons. The van der Waals surface area contributed by atoms with Gasteiger partial charge in [0.2, 0.25) is 0 Å². The normalized spacial score (nSPS) is 14.3. The molecule has 0 bridgehead atoms. The van der Waals surface area contributed by atoms with Crippen LogP contribution in [-0.2, 0) is 9.53 Å². The third-order valence-corrected chi connectivity index (χ3v) is 4.70. The monoisotopic (exact) mass is 390 g/mol. The van der Waals surface area contributed by atoms with Crippen molar-refractivity contribution in [1.29, 1.82) is 5.41 Å². The summed E-state index contributed by atoms with van der Waals surface area (Å²) in [6.45, 7) is 9.49. The van der Waals surface area contributed by atoms with Gasteiger partial charge in [-0.05, 0) is 49.4 Å². The maximum atomic E-state index is 11.9. The molecule has 1 aromatic rings. The Kier molecular flexibility index (Phi) is 11.5. The first-order valence-electron chi connectivity index (χ1n) is 9.27. The third kappa shape index (κ3) is 8.17. The highest BCUT2D eigenvalue weighted by atomic mass is 31.0. The molecular weight excluding hydrogens is 359 g/mol. The summed E-state index contributed by atoms with van der Waals surface area (Å²) in [4.78, 5) is 14.3. The molecular formula is C21H31N2O3P. The standard InChI is InChI=1S/C14H16NO2P.C7H15NO/c1-10-11(6-5-8-13(10)17-2)14(18)12(16)7-3-4-9-15;1-2-3-8-4-6-9-7-5-8/h3,5-9,15,18H,4H2,1-2H3;2-7H2,1H3/b7-3+,15-9?;. The Labute approximate surface area is 165 Å². The van der Waals surface area contributed by atoms with Gasteiger partial charge in [0.25, 0.3) is 0 Å². The average molecular weight is 390 g/mol. The van der Waals surface area contributed by atoms with Gasteiger partial charge < -0.3 is 14.9 Å². The van der Waals surface area contributed by atoms with Gasteiger partial charge in [0.05, 0.1) is 20.3 Å². The van der Waals surface area contributed by atoms with Crippen molar-refractivity contribution in [2.75, 3.05) is 40.0 Å². The van der Waals surface area contributed by atoms with Gasteiger partial charge in [0, 0.05) is 24.8 Å². The molecule has 0 radical (unpaired) electrons. The number of nitrogens with one attached hydrogen (secondary N) is 1. The topological polar surface area (TPSA) is 62.6 Å². The number of carbonyl (C=O) groups excluding carboxylic acids is 1. The van der Waals surface area contributed by atoms with Crippen molar-refractivity contribution < 1.29 is 14.3 Å². The van der Waals surface area contributed by atoms with Gasteiger partial charge in [-0.1, -0.05) is 25.1 Å². The number of hydrogen-bond acceptors (Lipinski definition) is 5. The summed E-state index contributed by atoms with van der Waals surface area (Å²) in [6, 6.07) is 5.56. The van der Waals surface area contributed by atoms with Crippen LogP contribution < -0.4 is 4.74 Å². The molecule has 0 amide bonds. The van der Waals surface area contributed by atoms with Crippen molar-refractivity contribution in [3.05, 3.63) is 41.5 Å². The highest BCUT2D eigenvalue weighted by Gasteiger charge is 2.12. The zero-order chi connectivity index (χ0) is 20.1. The summed E-state index contributed by atoms with van der Waals surface area (Å²) >= 11 is 0. The molecule has 0 aromatic heterocycles. The van der Waals surface area contributed by atoms with E-state index in [1.165, 1.54) is 25.3 Å². The van der Waals surface area contributed by atoms with E-state index >= 15 is 0 Å². The number of ether oxygens (including phenoxy) is 2. The lowest BCUT2D eigenvalue weighted by Gasteiger charge is -2.25. The number of ketones is 1. The van der Waals surface area contributed by atoms with E-state index in [2.05, 4.69) is 20.7 Å². The maximum absolute atomic E-state index is 11.9. The minimum atomic E-state index is -0.120. The zero-order valence-electron chi connectivity index (χ0n) is 16.6. The van der Waals surface area contributed by atoms with Crippen molar-refractivity contribution in [1.82, 2.24) is 4.90 Å². The lowest BCUT2D eigenvalue weighted by molar-refractivity contribution is -0.108. The molecule has 6 heteroatoms. The Bertz CT molecular complexity index is 650. The number of hydrogen-bond donors (Lipinski definition) is 1. The third-order valence-electron chi connectivity index (χ3n) is 4.19. The van der Waals surface area contributed by atoms with Crippen LogP contribution in [-0.4, -0.2) is 62.1 Å². The summed E-state index contributed by atoms with van der Waals surface area (Å²) in [5, 5.41) is 7.38. The summed E-state index contributed by atoms with van der Waals surface area (Å²) in [6.07, 6.45) is 6.09. The van der Waals surface area contributed by atoms with Crippen molar-refractivity contribution in [3.8, 4) is 5.75 Å². The van der Waals surface area contributed by atoms with Crippen LogP contribution in [0.25, 0.3) is 0 Å². The van der Waals surface area contributed by atoms with Crippen molar-refractivity contribution in [3.63, 3.8) is 0 Å². The quantitative estimate of drug-likeness (QED) is 0.419. The van der Waals surface area contributed by atoms with E-state index in [1.807, 2.05) is 25.1 Å². The number of carbonyl (C=O) groups is 1. The summed E-state index contributed by atoms with van der Waals surface area (Å²) < 4.78 is 10.4. The van der Waals surface area contributed by atoms with E-state index < -0.39 is 0 Å². The SMILES string of the molecule is CCCN1CCOCC1.COc1cccc(C(=P)C(=O)/C=C/CC=N)c1C. The molecule has 0 saturated carbocycles. The first-order valence-corrected chi connectivity index (χ1v) is 9.77. The van der Waals surface area contributed by atoms with Crippen molar-refractivity contribution >= 4 is 26.2 Å². The van der Waals surface area contributed by atoms with Crippen LogP contribution in [0.4, 0.5) is 0 Å². The van der Waals surface area contributed by atoms with Gasteiger partial charge in [-0.15, -0.1) is 8.86 Å². The summed E-state index contributed by atoms with van der Waals surface area (Å²) in [5.41, 5.74) is 1.73. The molecule has 1 saturated heterocycles. The minimum absolute atomic E-state index is 0.120. The van der Waals surface area contributed by atoms with Crippen LogP contribution in [0.15, 0.2) is 30.4 Å². The van der Waals surface area contributed by atoms with Crippen LogP contribution in [0.5, 0.6) is 5.75 Å². The number of nitrogens with zero attached hydrogens (tertiary/aromatic N) is 1. The second-order valence-corrected chi connectivity index (χ2v) is 6.67. The fraction of sp³-hybridized carbons (Fsp3) is 0.476. The molecule has 27 heavy (non-hydrogen) atoms. The smallest absolute Gasteiger partial charge is 0.190 e. The average Bonchev–Trinajstić information content (AvgIpc) is 2.69. The molecule has 2 rings (SSSR count). The second-order valence-electron chi connectivity index (χ2n) is 6.17. The van der Waals surface area contributed by atoms with Crippen LogP contribution in [0.2, 0.25) is 0 Å². The molecule has 1 heterocycles. The number of morpholine rings is 1. The van der Waals surface area contributed by atoms with Crippen molar-refractivity contribution in [2.45, 2.75) is 26.7 Å². The molecule has 5 nitrogen and oxygen atoms in total. The van der Waals surface area contributed by atoms with Crippen LogP contribution in [0.1, 0.15) is 30.9 Å². The summed E-state index contributed by atoms with van der Waals surface area (Å²) in [5.74, 6) is 0.629. The molecule has 0 aliphatic carbocycles. The molecule has 0 spiro atoms. The molecule has 0 unspecified atom stereocenters. The van der Waals surface area contributed by atoms with Crippen LogP contribution in [0.3, 0.4) is 0 Å². The predicted molar refractivity (Wildman–Crippen MR) is 115 cm³/mol. The molecule has 1 aromatic carbocycles. The Morgan fingerprint density at radius 2 is 2.07 bits per heavy atom. The Hall–Kier alpha value is -1.81. The van der Waals surface area contributed by atoms with Gasteiger partial charge >= 0.3 is 0 Å². The Morgan fingerprint density at radius 3 is 2.67 bits per heavy atom. The number of benzene rings is 1. The summed E-state index contributed by atoms with van der Waals surface area (Å²) in [7, 11) is 4.98. The molecule has 1 fully saturated rings. The van der Waals surface area contributed by atoms with Crippen LogP contribution >= 0.6 is 8.86 Å².